The van der Waals surface area contributed by atoms with Crippen molar-refractivity contribution in [2.24, 2.45) is 0 Å². The molecule has 0 fully saturated rings. The van der Waals surface area contributed by atoms with Crippen LogP contribution in [0.5, 0.6) is 11.5 Å². The van der Waals surface area contributed by atoms with Gasteiger partial charge in [-0.1, -0.05) is 23.7 Å². The number of benzene rings is 2. The summed E-state index contributed by atoms with van der Waals surface area (Å²) in [5.74, 6) is 0.517. The van der Waals surface area contributed by atoms with E-state index in [1.807, 2.05) is 13.8 Å². The van der Waals surface area contributed by atoms with Gasteiger partial charge in [0, 0.05) is 16.5 Å². The smallest absolute Gasteiger partial charge is 0.344 e. The normalized spacial score (nSPS) is 12.3. The van der Waals surface area contributed by atoms with Crippen molar-refractivity contribution in [2.75, 3.05) is 0 Å². The fourth-order valence-electron chi connectivity index (χ4n) is 3.22. The molecule has 0 radical (unpaired) electrons. The van der Waals surface area contributed by atoms with E-state index in [0.717, 1.165) is 0 Å². The molecule has 4 rings (SSSR count). The van der Waals surface area contributed by atoms with E-state index >= 15 is 0 Å². The van der Waals surface area contributed by atoms with E-state index in [-0.39, 0.29) is 6.10 Å². The lowest BCUT2D eigenvalue weighted by atomic mass is 10.1. The number of furan rings is 1. The Morgan fingerprint density at radius 3 is 2.62 bits per heavy atom. The first-order chi connectivity index (χ1) is 15.4. The van der Waals surface area contributed by atoms with Crippen LogP contribution in [0.3, 0.4) is 0 Å². The van der Waals surface area contributed by atoms with Crippen molar-refractivity contribution < 1.29 is 28.3 Å². The summed E-state index contributed by atoms with van der Waals surface area (Å²) in [6.07, 6.45) is 0.840. The molecule has 2 heterocycles. The minimum atomic E-state index is -1.04. The first-order valence-corrected chi connectivity index (χ1v) is 10.5. The molecular formula is C23H21ClN2O6. The van der Waals surface area contributed by atoms with Crippen LogP contribution in [-0.4, -0.2) is 33.4 Å². The Morgan fingerprint density at radius 2 is 1.94 bits per heavy atom. The number of hydrogen-bond donors (Lipinski definition) is 1. The predicted octanol–water partition coefficient (Wildman–Crippen LogP) is 5.83. The maximum absolute atomic E-state index is 11.3. The van der Waals surface area contributed by atoms with Gasteiger partial charge in [0.05, 0.1) is 17.4 Å². The van der Waals surface area contributed by atoms with Gasteiger partial charge in [0.1, 0.15) is 5.75 Å². The molecule has 32 heavy (non-hydrogen) atoms. The summed E-state index contributed by atoms with van der Waals surface area (Å²) in [6.45, 7) is 5.58. The molecular weight excluding hydrogens is 436 g/mol. The van der Waals surface area contributed by atoms with Crippen LogP contribution in [-0.2, 0) is 4.79 Å². The summed E-state index contributed by atoms with van der Waals surface area (Å²) in [7, 11) is 0. The van der Waals surface area contributed by atoms with Crippen LogP contribution in [0.15, 0.2) is 51.6 Å². The van der Waals surface area contributed by atoms with Gasteiger partial charge in [-0.15, -0.1) is 0 Å². The fraction of sp³-hybridized carbons (Fsp3) is 0.261. The topological polar surface area (TPSA) is 108 Å². The van der Waals surface area contributed by atoms with Crippen molar-refractivity contribution in [3.63, 3.8) is 0 Å². The number of carbonyl (C=O) groups is 1. The minimum absolute atomic E-state index is 0.000723. The number of fused-ring (bicyclic) bond motifs is 1. The van der Waals surface area contributed by atoms with Crippen molar-refractivity contribution in [1.29, 1.82) is 0 Å². The van der Waals surface area contributed by atoms with Crippen LogP contribution in [0, 0.1) is 0 Å². The SMILES string of the molecule is CCC(Oc1ccc(-c2noc(-c3ccc(OC(C)C)c(Cl)c3)n2)c2ccoc12)C(=O)O. The number of rotatable bonds is 8. The van der Waals surface area contributed by atoms with Crippen molar-refractivity contribution in [3.8, 4) is 34.3 Å². The first kappa shape index (κ1) is 21.7. The third kappa shape index (κ3) is 4.27. The Labute approximate surface area is 188 Å². The van der Waals surface area contributed by atoms with Gasteiger partial charge in [-0.3, -0.25) is 0 Å². The lowest BCUT2D eigenvalue weighted by Crippen LogP contribution is -2.25. The van der Waals surface area contributed by atoms with Gasteiger partial charge >= 0.3 is 5.97 Å². The summed E-state index contributed by atoms with van der Waals surface area (Å²) in [4.78, 5) is 15.8. The van der Waals surface area contributed by atoms with Crippen LogP contribution < -0.4 is 9.47 Å². The molecule has 1 unspecified atom stereocenters. The van der Waals surface area contributed by atoms with E-state index < -0.39 is 12.1 Å². The highest BCUT2D eigenvalue weighted by atomic mass is 35.5. The van der Waals surface area contributed by atoms with Gasteiger partial charge in [-0.25, -0.2) is 4.79 Å². The van der Waals surface area contributed by atoms with Crippen LogP contribution in [0.4, 0.5) is 0 Å². The van der Waals surface area contributed by atoms with Gasteiger partial charge in [-0.2, -0.15) is 4.98 Å². The number of aromatic nitrogens is 2. The summed E-state index contributed by atoms with van der Waals surface area (Å²) < 4.78 is 22.3. The molecule has 0 aliphatic heterocycles. The van der Waals surface area contributed by atoms with Crippen LogP contribution in [0.1, 0.15) is 27.2 Å². The second kappa shape index (κ2) is 8.92. The molecule has 0 aliphatic rings. The standard InChI is InChI=1S/C23H21ClN2O6/c1-4-17(23(27)28)31-19-8-6-15(14-9-10-29-20(14)19)21-25-22(32-26-21)13-5-7-18(16(24)11-13)30-12(2)3/h5-12,17H,4H2,1-3H3,(H,27,28). The van der Waals surface area contributed by atoms with E-state index in [0.29, 0.717) is 56.8 Å². The molecule has 0 saturated heterocycles. The van der Waals surface area contributed by atoms with Crippen molar-refractivity contribution in [3.05, 3.63) is 47.7 Å². The maximum atomic E-state index is 11.3. The van der Waals surface area contributed by atoms with Crippen LogP contribution in [0.25, 0.3) is 33.8 Å². The highest BCUT2D eigenvalue weighted by Gasteiger charge is 2.22. The lowest BCUT2D eigenvalue weighted by molar-refractivity contribution is -0.145. The highest BCUT2D eigenvalue weighted by molar-refractivity contribution is 6.32. The predicted molar refractivity (Wildman–Crippen MR) is 118 cm³/mol. The highest BCUT2D eigenvalue weighted by Crippen LogP contribution is 2.36. The Hall–Kier alpha value is -3.52. The Kier molecular flexibility index (Phi) is 6.05. The van der Waals surface area contributed by atoms with E-state index in [1.54, 1.807) is 43.3 Å². The zero-order valence-corrected chi connectivity index (χ0v) is 18.4. The third-order valence-electron chi connectivity index (χ3n) is 4.70. The van der Waals surface area contributed by atoms with Gasteiger partial charge in [0.2, 0.25) is 5.82 Å². The second-order valence-corrected chi connectivity index (χ2v) is 7.77. The number of aliphatic carboxylic acids is 1. The monoisotopic (exact) mass is 456 g/mol. The molecule has 1 atom stereocenters. The van der Waals surface area contributed by atoms with Crippen molar-refractivity contribution in [1.82, 2.24) is 10.1 Å². The Morgan fingerprint density at radius 1 is 1.16 bits per heavy atom. The number of ether oxygens (including phenoxy) is 2. The number of halogens is 1. The molecule has 9 heteroatoms. The Balaban J connectivity index is 1.66. The van der Waals surface area contributed by atoms with E-state index in [1.165, 1.54) is 6.26 Å². The lowest BCUT2D eigenvalue weighted by Gasteiger charge is -2.13. The molecule has 2 aromatic carbocycles. The van der Waals surface area contributed by atoms with Gasteiger partial charge in [-0.05, 0) is 56.7 Å². The van der Waals surface area contributed by atoms with E-state index in [4.69, 9.17) is 30.0 Å². The first-order valence-electron chi connectivity index (χ1n) is 10.1. The number of hydrogen-bond acceptors (Lipinski definition) is 7. The molecule has 8 nitrogen and oxygen atoms in total. The zero-order valence-electron chi connectivity index (χ0n) is 17.7. The van der Waals surface area contributed by atoms with Crippen molar-refractivity contribution >= 4 is 28.5 Å². The molecule has 2 aromatic heterocycles. The molecule has 0 spiro atoms. The molecule has 0 bridgehead atoms. The second-order valence-electron chi connectivity index (χ2n) is 7.36. The van der Waals surface area contributed by atoms with Gasteiger partial charge in [0.25, 0.3) is 5.89 Å². The maximum Gasteiger partial charge on any atom is 0.344 e. The molecule has 4 aromatic rings. The van der Waals surface area contributed by atoms with Crippen LogP contribution in [0.2, 0.25) is 5.02 Å². The number of carboxylic acid groups (broad SMARTS) is 1. The molecule has 0 amide bonds. The summed E-state index contributed by atoms with van der Waals surface area (Å²) in [6, 6.07) is 10.4. The van der Waals surface area contributed by atoms with Gasteiger partial charge < -0.3 is 23.5 Å². The molecule has 1 N–H and O–H groups in total. The largest absolute Gasteiger partial charge is 0.489 e. The number of carboxylic acids is 1. The fourth-order valence-corrected chi connectivity index (χ4v) is 3.44. The summed E-state index contributed by atoms with van der Waals surface area (Å²) >= 11 is 6.32. The Bertz CT molecular complexity index is 1260. The van der Waals surface area contributed by atoms with E-state index in [9.17, 15) is 9.90 Å². The molecule has 0 saturated carbocycles. The van der Waals surface area contributed by atoms with Gasteiger partial charge in [0.15, 0.2) is 17.4 Å². The summed E-state index contributed by atoms with van der Waals surface area (Å²) in [5, 5.41) is 14.5. The third-order valence-corrected chi connectivity index (χ3v) is 5.00. The van der Waals surface area contributed by atoms with Crippen LogP contribution >= 0.6 is 11.6 Å². The number of nitrogens with zero attached hydrogens (tertiary/aromatic N) is 2. The molecule has 0 aliphatic carbocycles. The molecule has 166 valence electrons. The quantitative estimate of drug-likeness (QED) is 0.352. The zero-order chi connectivity index (χ0) is 22.8. The van der Waals surface area contributed by atoms with Crippen molar-refractivity contribution in [2.45, 2.75) is 39.4 Å². The van der Waals surface area contributed by atoms with E-state index in [2.05, 4.69) is 10.1 Å². The average molecular weight is 457 g/mol. The minimum Gasteiger partial charge on any atom is -0.489 e. The summed E-state index contributed by atoms with van der Waals surface area (Å²) in [5.41, 5.74) is 1.72. The average Bonchev–Trinajstić information content (AvgIpc) is 3.43.